The number of hydrogen-bond donors (Lipinski definition) is 2. The lowest BCUT2D eigenvalue weighted by Crippen LogP contribution is -2.37. The summed E-state index contributed by atoms with van der Waals surface area (Å²) in [6, 6.07) is 9.83. The average Bonchev–Trinajstić information content (AvgIpc) is 3.51. The fourth-order valence-corrected chi connectivity index (χ4v) is 4.90. The van der Waals surface area contributed by atoms with E-state index in [2.05, 4.69) is 20.5 Å². The van der Waals surface area contributed by atoms with E-state index in [1.807, 2.05) is 17.5 Å². The lowest BCUT2D eigenvalue weighted by atomic mass is 10.2. The number of carbonyl (C=O) groups excluding carboxylic acids is 3. The number of rotatable bonds is 8. The third-order valence-electron chi connectivity index (χ3n) is 4.27. The summed E-state index contributed by atoms with van der Waals surface area (Å²) in [5.74, 6) is -0.514. The molecule has 0 atom stereocenters. The van der Waals surface area contributed by atoms with Crippen molar-refractivity contribution in [1.29, 1.82) is 0 Å². The second-order valence-corrected chi connectivity index (χ2v) is 9.32. The van der Waals surface area contributed by atoms with Crippen LogP contribution in [0, 0.1) is 5.82 Å². The van der Waals surface area contributed by atoms with Crippen LogP contribution in [0.5, 0.6) is 0 Å². The molecule has 8 nitrogen and oxygen atoms in total. The van der Waals surface area contributed by atoms with Crippen molar-refractivity contribution in [2.45, 2.75) is 5.16 Å². The molecule has 0 radical (unpaired) electrons. The number of amides is 3. The van der Waals surface area contributed by atoms with Crippen molar-refractivity contribution in [3.63, 3.8) is 0 Å². The number of aromatic nitrogens is 3. The van der Waals surface area contributed by atoms with E-state index in [0.29, 0.717) is 11.0 Å². The van der Waals surface area contributed by atoms with E-state index in [-0.39, 0.29) is 35.2 Å². The Hall–Kier alpha value is -2.96. The van der Waals surface area contributed by atoms with Gasteiger partial charge in [-0.3, -0.25) is 24.4 Å². The highest BCUT2D eigenvalue weighted by Gasteiger charge is 2.34. The molecule has 0 unspecified atom stereocenters. The molecule has 3 aromatic rings. The summed E-state index contributed by atoms with van der Waals surface area (Å²) in [5, 5.41) is 11.5. The number of imide groups is 1. The van der Waals surface area contributed by atoms with Gasteiger partial charge in [0.1, 0.15) is 5.82 Å². The van der Waals surface area contributed by atoms with Gasteiger partial charge in [0.05, 0.1) is 15.5 Å². The molecule has 0 saturated carbocycles. The fraction of sp³-hybridized carbons (Fsp3) is 0.150. The van der Waals surface area contributed by atoms with Crippen molar-refractivity contribution in [2.24, 2.45) is 0 Å². The monoisotopic (exact) mass is 489 g/mol. The fourth-order valence-electron chi connectivity index (χ4n) is 2.75. The Morgan fingerprint density at radius 1 is 1.25 bits per heavy atom. The van der Waals surface area contributed by atoms with Crippen LogP contribution < -0.4 is 5.32 Å². The zero-order valence-electron chi connectivity index (χ0n) is 16.4. The molecule has 2 aromatic heterocycles. The Morgan fingerprint density at radius 2 is 2.09 bits per heavy atom. The molecule has 0 bridgehead atoms. The number of aromatic amines is 1. The van der Waals surface area contributed by atoms with Crippen molar-refractivity contribution < 1.29 is 18.8 Å². The summed E-state index contributed by atoms with van der Waals surface area (Å²) >= 11 is 3.46. The van der Waals surface area contributed by atoms with Crippen LogP contribution in [0.25, 0.3) is 16.8 Å². The Labute approximate surface area is 194 Å². The molecule has 1 saturated heterocycles. The van der Waals surface area contributed by atoms with E-state index in [1.54, 1.807) is 12.1 Å². The average molecular weight is 490 g/mol. The highest BCUT2D eigenvalue weighted by Crippen LogP contribution is 2.32. The molecule has 2 N–H and O–H groups in total. The highest BCUT2D eigenvalue weighted by molar-refractivity contribution is 8.18. The second kappa shape index (κ2) is 10.1. The number of thiophene rings is 1. The van der Waals surface area contributed by atoms with Gasteiger partial charge >= 0.3 is 0 Å². The van der Waals surface area contributed by atoms with Gasteiger partial charge in [0, 0.05) is 18.7 Å². The van der Waals surface area contributed by atoms with Gasteiger partial charge in [-0.2, -0.15) is 0 Å². The maximum atomic E-state index is 13.8. The van der Waals surface area contributed by atoms with E-state index >= 15 is 0 Å². The third kappa shape index (κ3) is 5.26. The van der Waals surface area contributed by atoms with Gasteiger partial charge in [0.2, 0.25) is 11.1 Å². The molecule has 0 spiro atoms. The normalized spacial score (nSPS) is 15.0. The van der Waals surface area contributed by atoms with Crippen LogP contribution in [0.4, 0.5) is 9.18 Å². The number of nitrogens with zero attached hydrogens (tertiary/aromatic N) is 3. The maximum absolute atomic E-state index is 13.8. The number of hydrogen-bond acceptors (Lipinski definition) is 8. The minimum atomic E-state index is -0.506. The maximum Gasteiger partial charge on any atom is 0.293 e. The van der Waals surface area contributed by atoms with E-state index in [0.717, 1.165) is 21.5 Å². The minimum absolute atomic E-state index is 0.0267. The first-order valence-corrected chi connectivity index (χ1v) is 12.0. The molecule has 0 aliphatic carbocycles. The lowest BCUT2D eigenvalue weighted by molar-refractivity contribution is -0.123. The molecule has 1 fully saturated rings. The molecule has 32 heavy (non-hydrogen) atoms. The second-order valence-electron chi connectivity index (χ2n) is 6.44. The van der Waals surface area contributed by atoms with Crippen LogP contribution in [0.1, 0.15) is 5.56 Å². The van der Waals surface area contributed by atoms with E-state index in [1.165, 1.54) is 41.3 Å². The summed E-state index contributed by atoms with van der Waals surface area (Å²) in [5.41, 5.74) is 0.234. The van der Waals surface area contributed by atoms with Crippen molar-refractivity contribution >= 4 is 58.0 Å². The Bertz CT molecular complexity index is 1180. The predicted molar refractivity (Wildman–Crippen MR) is 123 cm³/mol. The van der Waals surface area contributed by atoms with Crippen LogP contribution in [-0.2, 0) is 9.59 Å². The van der Waals surface area contributed by atoms with E-state index < -0.39 is 17.0 Å². The van der Waals surface area contributed by atoms with Crippen LogP contribution in [0.3, 0.4) is 0 Å². The number of halogens is 1. The quantitative estimate of drug-likeness (QED) is 0.368. The molecule has 1 aliphatic heterocycles. The molecular weight excluding hydrogens is 473 g/mol. The zero-order chi connectivity index (χ0) is 22.5. The summed E-state index contributed by atoms with van der Waals surface area (Å²) < 4.78 is 13.8. The smallest absolute Gasteiger partial charge is 0.293 e. The largest absolute Gasteiger partial charge is 0.354 e. The SMILES string of the molecule is O=C(CSc1n[nH]c(-c2cccs2)n1)NCCN1C(=O)S/C(=C\c2ccccc2F)C1=O. The first-order valence-electron chi connectivity index (χ1n) is 9.37. The third-order valence-corrected chi connectivity index (χ3v) is 6.91. The van der Waals surface area contributed by atoms with Gasteiger partial charge in [-0.15, -0.1) is 16.4 Å². The van der Waals surface area contributed by atoms with Crippen molar-refractivity contribution in [1.82, 2.24) is 25.4 Å². The van der Waals surface area contributed by atoms with Gasteiger partial charge in [0.15, 0.2) is 5.82 Å². The van der Waals surface area contributed by atoms with Crippen molar-refractivity contribution in [3.05, 3.63) is 58.1 Å². The molecule has 3 amide bonds. The summed E-state index contributed by atoms with van der Waals surface area (Å²) in [4.78, 5) is 43.2. The number of H-pyrrole nitrogens is 1. The van der Waals surface area contributed by atoms with Crippen LogP contribution in [0.15, 0.2) is 51.8 Å². The summed E-state index contributed by atoms with van der Waals surface area (Å²) in [6.45, 7) is 0.137. The van der Waals surface area contributed by atoms with Crippen LogP contribution in [0.2, 0.25) is 0 Å². The minimum Gasteiger partial charge on any atom is -0.354 e. The Morgan fingerprint density at radius 3 is 2.88 bits per heavy atom. The zero-order valence-corrected chi connectivity index (χ0v) is 18.9. The molecule has 1 aromatic carbocycles. The Balaban J connectivity index is 1.24. The summed E-state index contributed by atoms with van der Waals surface area (Å²) in [7, 11) is 0. The molecule has 1 aliphatic rings. The molecular formula is C20H16FN5O3S3. The van der Waals surface area contributed by atoms with Crippen molar-refractivity contribution in [3.8, 4) is 10.7 Å². The molecule has 4 rings (SSSR count). The van der Waals surface area contributed by atoms with E-state index in [4.69, 9.17) is 0 Å². The van der Waals surface area contributed by atoms with Gasteiger partial charge in [-0.25, -0.2) is 9.37 Å². The van der Waals surface area contributed by atoms with Gasteiger partial charge in [-0.05, 0) is 35.4 Å². The molecule has 164 valence electrons. The Kier molecular flexibility index (Phi) is 7.02. The molecule has 12 heteroatoms. The first-order chi connectivity index (χ1) is 15.5. The number of benzene rings is 1. The number of carbonyl (C=O) groups is 3. The topological polar surface area (TPSA) is 108 Å². The van der Waals surface area contributed by atoms with E-state index in [9.17, 15) is 18.8 Å². The van der Waals surface area contributed by atoms with Crippen molar-refractivity contribution in [2.75, 3.05) is 18.8 Å². The lowest BCUT2D eigenvalue weighted by Gasteiger charge is -2.12. The summed E-state index contributed by atoms with van der Waals surface area (Å²) in [6.07, 6.45) is 1.36. The number of nitrogens with one attached hydrogen (secondary N) is 2. The van der Waals surface area contributed by atoms with Gasteiger partial charge in [0.25, 0.3) is 11.1 Å². The standard InChI is InChI=1S/C20H16FN5O3S3/c21-13-5-2-1-4-12(13)10-15-18(28)26(20(29)32-15)8-7-22-16(27)11-31-19-23-17(24-25-19)14-6-3-9-30-14/h1-6,9-10H,7-8,11H2,(H,22,27)(H,23,24,25)/b15-10-. The molecule has 3 heterocycles. The van der Waals surface area contributed by atoms with Crippen LogP contribution >= 0.6 is 34.9 Å². The van der Waals surface area contributed by atoms with Crippen LogP contribution in [-0.4, -0.2) is 56.0 Å². The number of thioether (sulfide) groups is 2. The predicted octanol–water partition coefficient (Wildman–Crippen LogP) is 3.62. The highest BCUT2D eigenvalue weighted by atomic mass is 32.2. The van der Waals surface area contributed by atoms with Gasteiger partial charge < -0.3 is 5.32 Å². The van der Waals surface area contributed by atoms with Gasteiger partial charge in [-0.1, -0.05) is 36.0 Å². The first kappa shape index (κ1) is 22.2.